The number of hydrogen-bond donors (Lipinski definition) is 1. The smallest absolute Gasteiger partial charge is 0.220 e. The monoisotopic (exact) mass is 295 g/mol. The van der Waals surface area contributed by atoms with Crippen molar-refractivity contribution in [2.75, 3.05) is 0 Å². The lowest BCUT2D eigenvalue weighted by Crippen LogP contribution is -2.41. The van der Waals surface area contributed by atoms with Crippen molar-refractivity contribution in [2.24, 2.45) is 0 Å². The van der Waals surface area contributed by atoms with Crippen molar-refractivity contribution in [3.8, 4) is 0 Å². The van der Waals surface area contributed by atoms with Crippen LogP contribution < -0.4 is 5.32 Å². The van der Waals surface area contributed by atoms with Crippen molar-refractivity contribution in [1.82, 2.24) is 5.32 Å². The molecule has 0 radical (unpaired) electrons. The minimum atomic E-state index is -0.453. The predicted molar refractivity (Wildman–Crippen MR) is 87.5 cm³/mol. The SMILES string of the molecule is CC(=O)[C@H](Cc1ccccc1)NC(=O)CCc1ccccc1. The van der Waals surface area contributed by atoms with Gasteiger partial charge < -0.3 is 5.32 Å². The van der Waals surface area contributed by atoms with E-state index in [1.165, 1.54) is 6.92 Å². The number of ketones is 1. The van der Waals surface area contributed by atoms with Crippen LogP contribution in [0.3, 0.4) is 0 Å². The van der Waals surface area contributed by atoms with E-state index in [9.17, 15) is 9.59 Å². The van der Waals surface area contributed by atoms with Crippen LogP contribution in [-0.4, -0.2) is 17.7 Å². The molecule has 0 heterocycles. The number of aryl methyl sites for hydroxylation is 1. The maximum atomic E-state index is 12.1. The molecule has 0 bridgehead atoms. The van der Waals surface area contributed by atoms with Crippen molar-refractivity contribution in [3.63, 3.8) is 0 Å². The Kier molecular flexibility index (Phi) is 5.90. The third-order valence-corrected chi connectivity index (χ3v) is 3.59. The summed E-state index contributed by atoms with van der Waals surface area (Å²) in [5.74, 6) is -0.100. The van der Waals surface area contributed by atoms with E-state index >= 15 is 0 Å². The highest BCUT2D eigenvalue weighted by atomic mass is 16.2. The molecule has 0 unspecified atom stereocenters. The molecule has 0 aliphatic heterocycles. The third-order valence-electron chi connectivity index (χ3n) is 3.59. The van der Waals surface area contributed by atoms with E-state index in [1.54, 1.807) is 0 Å². The standard InChI is InChI=1S/C19H21NO2/c1-15(21)18(14-17-10-6-3-7-11-17)20-19(22)13-12-16-8-4-2-5-9-16/h2-11,18H,12-14H2,1H3,(H,20,22)/t18-/m0/s1. The maximum absolute atomic E-state index is 12.1. The van der Waals surface area contributed by atoms with E-state index < -0.39 is 6.04 Å². The average molecular weight is 295 g/mol. The normalized spacial score (nSPS) is 11.7. The number of hydrogen-bond acceptors (Lipinski definition) is 2. The first kappa shape index (κ1) is 16.0. The summed E-state index contributed by atoms with van der Waals surface area (Å²) < 4.78 is 0. The van der Waals surface area contributed by atoms with Gasteiger partial charge in [-0.05, 0) is 30.9 Å². The molecular weight excluding hydrogens is 274 g/mol. The molecule has 22 heavy (non-hydrogen) atoms. The van der Waals surface area contributed by atoms with Gasteiger partial charge in [0, 0.05) is 6.42 Å². The lowest BCUT2D eigenvalue weighted by atomic mass is 10.0. The lowest BCUT2D eigenvalue weighted by Gasteiger charge is -2.16. The fourth-order valence-electron chi connectivity index (χ4n) is 2.32. The Morgan fingerprint density at radius 1 is 0.909 bits per heavy atom. The highest BCUT2D eigenvalue weighted by Gasteiger charge is 2.17. The van der Waals surface area contributed by atoms with Crippen molar-refractivity contribution in [3.05, 3.63) is 71.8 Å². The van der Waals surface area contributed by atoms with Gasteiger partial charge in [0.2, 0.25) is 5.91 Å². The molecule has 0 aromatic heterocycles. The van der Waals surface area contributed by atoms with Gasteiger partial charge in [0.05, 0.1) is 6.04 Å². The summed E-state index contributed by atoms with van der Waals surface area (Å²) in [5.41, 5.74) is 2.17. The van der Waals surface area contributed by atoms with Crippen LogP contribution in [0.2, 0.25) is 0 Å². The van der Waals surface area contributed by atoms with Crippen molar-refractivity contribution < 1.29 is 9.59 Å². The van der Waals surface area contributed by atoms with E-state index in [4.69, 9.17) is 0 Å². The largest absolute Gasteiger partial charge is 0.346 e. The number of Topliss-reactive ketones (excluding diaryl/α,β-unsaturated/α-hetero) is 1. The van der Waals surface area contributed by atoms with E-state index in [-0.39, 0.29) is 11.7 Å². The number of benzene rings is 2. The number of carbonyl (C=O) groups is 2. The molecule has 2 aromatic rings. The molecule has 0 saturated carbocycles. The summed E-state index contributed by atoms with van der Waals surface area (Å²) in [4.78, 5) is 23.8. The molecule has 1 N–H and O–H groups in total. The highest BCUT2D eigenvalue weighted by Crippen LogP contribution is 2.06. The van der Waals surface area contributed by atoms with Gasteiger partial charge in [0.15, 0.2) is 5.78 Å². The molecule has 3 nitrogen and oxygen atoms in total. The van der Waals surface area contributed by atoms with Gasteiger partial charge in [-0.1, -0.05) is 60.7 Å². The van der Waals surface area contributed by atoms with Gasteiger partial charge in [-0.15, -0.1) is 0 Å². The van der Waals surface area contributed by atoms with Crippen LogP contribution in [-0.2, 0) is 22.4 Å². The minimum Gasteiger partial charge on any atom is -0.346 e. The summed E-state index contributed by atoms with van der Waals surface area (Å²) in [5, 5.41) is 2.85. The van der Waals surface area contributed by atoms with Crippen LogP contribution in [0.5, 0.6) is 0 Å². The zero-order chi connectivity index (χ0) is 15.8. The maximum Gasteiger partial charge on any atom is 0.220 e. The van der Waals surface area contributed by atoms with Crippen molar-refractivity contribution in [2.45, 2.75) is 32.2 Å². The third kappa shape index (κ3) is 5.17. The number of rotatable bonds is 7. The topological polar surface area (TPSA) is 46.2 Å². The second-order valence-corrected chi connectivity index (χ2v) is 5.41. The zero-order valence-electron chi connectivity index (χ0n) is 12.8. The average Bonchev–Trinajstić information content (AvgIpc) is 2.54. The summed E-state index contributed by atoms with van der Waals surface area (Å²) in [7, 11) is 0. The first-order chi connectivity index (χ1) is 10.6. The number of carbonyl (C=O) groups excluding carboxylic acids is 2. The Bertz CT molecular complexity index is 608. The van der Waals surface area contributed by atoms with Crippen LogP contribution in [0.15, 0.2) is 60.7 Å². The highest BCUT2D eigenvalue weighted by molar-refractivity contribution is 5.87. The lowest BCUT2D eigenvalue weighted by molar-refractivity contribution is -0.126. The Labute approximate surface area is 131 Å². The summed E-state index contributed by atoms with van der Waals surface area (Å²) in [6, 6.07) is 19.2. The molecule has 114 valence electrons. The Morgan fingerprint density at radius 2 is 1.45 bits per heavy atom. The van der Waals surface area contributed by atoms with Gasteiger partial charge in [0.1, 0.15) is 0 Å². The molecule has 1 atom stereocenters. The van der Waals surface area contributed by atoms with Crippen molar-refractivity contribution >= 4 is 11.7 Å². The van der Waals surface area contributed by atoms with Gasteiger partial charge in [-0.3, -0.25) is 9.59 Å². The van der Waals surface area contributed by atoms with Crippen LogP contribution in [0.1, 0.15) is 24.5 Å². The molecule has 0 aliphatic rings. The van der Waals surface area contributed by atoms with Crippen LogP contribution in [0.4, 0.5) is 0 Å². The molecule has 0 saturated heterocycles. The fourth-order valence-corrected chi connectivity index (χ4v) is 2.32. The van der Waals surface area contributed by atoms with Gasteiger partial charge in [-0.2, -0.15) is 0 Å². The quantitative estimate of drug-likeness (QED) is 0.853. The van der Waals surface area contributed by atoms with Gasteiger partial charge in [0.25, 0.3) is 0 Å². The molecule has 2 rings (SSSR count). The number of amides is 1. The molecule has 2 aromatic carbocycles. The molecule has 0 fully saturated rings. The van der Waals surface area contributed by atoms with Crippen LogP contribution >= 0.6 is 0 Å². The van der Waals surface area contributed by atoms with Gasteiger partial charge in [-0.25, -0.2) is 0 Å². The Hall–Kier alpha value is -2.42. The van der Waals surface area contributed by atoms with Crippen molar-refractivity contribution in [1.29, 1.82) is 0 Å². The van der Waals surface area contributed by atoms with Gasteiger partial charge >= 0.3 is 0 Å². The fraction of sp³-hybridized carbons (Fsp3) is 0.263. The zero-order valence-corrected chi connectivity index (χ0v) is 12.8. The summed E-state index contributed by atoms with van der Waals surface area (Å²) in [6.45, 7) is 1.52. The number of nitrogens with one attached hydrogen (secondary N) is 1. The first-order valence-electron chi connectivity index (χ1n) is 7.53. The van der Waals surface area contributed by atoms with Crippen LogP contribution in [0, 0.1) is 0 Å². The summed E-state index contributed by atoms with van der Waals surface area (Å²) >= 11 is 0. The van der Waals surface area contributed by atoms with E-state index in [1.807, 2.05) is 60.7 Å². The molecule has 1 amide bonds. The molecule has 0 spiro atoms. The van der Waals surface area contributed by atoms with E-state index in [0.29, 0.717) is 19.3 Å². The first-order valence-corrected chi connectivity index (χ1v) is 7.53. The predicted octanol–water partition coefficient (Wildman–Crippen LogP) is 2.94. The second kappa shape index (κ2) is 8.13. The molecule has 0 aliphatic carbocycles. The van der Waals surface area contributed by atoms with Crippen LogP contribution in [0.25, 0.3) is 0 Å². The second-order valence-electron chi connectivity index (χ2n) is 5.41. The van der Waals surface area contributed by atoms with E-state index in [0.717, 1.165) is 11.1 Å². The Balaban J connectivity index is 1.88. The minimum absolute atomic E-state index is 0.0167. The summed E-state index contributed by atoms with van der Waals surface area (Å²) in [6.07, 6.45) is 1.61. The molecular formula is C19H21NO2. The van der Waals surface area contributed by atoms with E-state index in [2.05, 4.69) is 5.32 Å². The Morgan fingerprint density at radius 3 is 2.00 bits per heavy atom. The molecule has 3 heteroatoms.